The zero-order valence-electron chi connectivity index (χ0n) is 94.5. The van der Waals surface area contributed by atoms with Crippen LogP contribution in [0.4, 0.5) is 15.3 Å². The average Bonchev–Trinajstić information content (AvgIpc) is 1.63. The van der Waals surface area contributed by atoms with E-state index in [1.165, 1.54) is 4.90 Å². The van der Waals surface area contributed by atoms with Crippen molar-refractivity contribution in [1.82, 2.24) is 26.2 Å². The van der Waals surface area contributed by atoms with Crippen molar-refractivity contribution in [1.29, 1.82) is 0 Å². The van der Waals surface area contributed by atoms with Crippen LogP contribution in [0.15, 0.2) is 78.9 Å². The zero-order valence-corrected chi connectivity index (χ0v) is 94.5. The van der Waals surface area contributed by atoms with Crippen LogP contribution in [0.2, 0.25) is 0 Å². The Morgan fingerprint density at radius 1 is 0.426 bits per heavy atom. The minimum absolute atomic E-state index is 0.0139. The number of amides is 7. The van der Waals surface area contributed by atoms with E-state index >= 15 is 0 Å². The quantitative estimate of drug-likeness (QED) is 0.0136. The summed E-state index contributed by atoms with van der Waals surface area (Å²) in [4.78, 5) is 157. The molecule has 782 valence electrons. The highest BCUT2D eigenvalue weighted by molar-refractivity contribution is 6.05. The number of anilines is 1. The molecule has 0 saturated carbocycles. The van der Waals surface area contributed by atoms with Gasteiger partial charge in [0.1, 0.15) is 36.3 Å². The molecule has 1 aliphatic heterocycles. The summed E-state index contributed by atoms with van der Waals surface area (Å²) in [5, 5.41) is 14.5. The maximum Gasteiger partial charge on any atom is 0.312 e. The largest absolute Gasteiger partial charge is 0.497 e. The number of Topliss-reactive ketones (excluding diaryl/α,β-unsaturated/α-hetero) is 6. The van der Waals surface area contributed by atoms with Crippen LogP contribution in [0, 0.1) is 89.2 Å². The molecule has 0 radical (unpaired) electrons. The molecule has 24 nitrogen and oxygen atoms in total. The van der Waals surface area contributed by atoms with E-state index in [0.717, 1.165) is 22.4 Å². The van der Waals surface area contributed by atoms with Crippen LogP contribution in [-0.2, 0) is 70.6 Å². The molecular formula is C112H198N8O16. The van der Waals surface area contributed by atoms with E-state index in [4.69, 9.17) is 25.7 Å². The minimum atomic E-state index is -0.624. The third-order valence-electron chi connectivity index (χ3n) is 19.5. The molecular weight excluding hydrogens is 1710 g/mol. The molecule has 1 fully saturated rings. The van der Waals surface area contributed by atoms with Crippen molar-refractivity contribution < 1.29 is 76.5 Å². The second-order valence-corrected chi connectivity index (χ2v) is 51.1. The van der Waals surface area contributed by atoms with Gasteiger partial charge in [0.05, 0.1) is 35.9 Å². The summed E-state index contributed by atoms with van der Waals surface area (Å²) in [5.74, 6) is 0.248. The molecule has 0 bridgehead atoms. The maximum atomic E-state index is 13.1. The molecule has 1 aliphatic rings. The van der Waals surface area contributed by atoms with Crippen molar-refractivity contribution in [2.75, 3.05) is 25.5 Å². The standard InChI is InChI=1S/C27H44N4O5.C19H37N3O3.C13H18O3.C12H21NO2.C11H14O.2C10H20O.2C5H12/c1-17(2)23(30-18(3)4)22(32)15-20(9-8-14-29-26(28)35)24(33)31-21-12-10-19(11-13-21)16-36-25(34)27(5,6)7;1-12(2)16(22-13(3)4)15(23)11-14(17(24)19(5,6)7)9-8-10-21-18(20)25;1-13(2,3)12(14)16-9-10-5-7-11(15-4)8-6-10;1-11(2,3)8-7-9(14)13(10(8)15)12(4,5)6;1-11(2,3)10(12)9-7-5-4-6-8-9;2*1-9(2,3)7-8(11)10(4,5)6;2*1-5(2,3)4/h10-13,17-18,20,23,30H,8-9,14-16H2,1-7H3,(H,31,33)(H3,28,29,35);12-14,16,22H,8-11H2,1-7H3,(H3,20,21,25);5-8H,9H2,1-4H3;8H,7H2,1-6H3;4-8H,1-3H3;2*7H2,1-6H3;2*1-4H3. The monoisotopic (exact) mass is 1910 g/mol. The van der Waals surface area contributed by atoms with Crippen LogP contribution in [0.3, 0.4) is 0 Å². The number of ether oxygens (including phenoxy) is 3. The molecule has 24 heteroatoms. The Bertz CT molecular complexity index is 4020. The number of methoxy groups -OCH3 is 1. The van der Waals surface area contributed by atoms with Crippen LogP contribution >= 0.6 is 0 Å². The third-order valence-corrected chi connectivity index (χ3v) is 19.5. The third kappa shape index (κ3) is 69.3. The molecule has 3 aromatic carbocycles. The highest BCUT2D eigenvalue weighted by atomic mass is 16.5. The highest BCUT2D eigenvalue weighted by Gasteiger charge is 2.48. The zero-order chi connectivity index (χ0) is 108. The summed E-state index contributed by atoms with van der Waals surface area (Å²) in [6.45, 7) is 93.1. The van der Waals surface area contributed by atoms with Crippen molar-refractivity contribution >= 4 is 82.1 Å². The molecule has 0 aliphatic carbocycles. The van der Waals surface area contributed by atoms with Crippen molar-refractivity contribution in [3.63, 3.8) is 0 Å². The Balaban J connectivity index is -0.000000503. The van der Waals surface area contributed by atoms with Gasteiger partial charge >= 0.3 is 24.0 Å². The van der Waals surface area contributed by atoms with Gasteiger partial charge < -0.3 is 52.3 Å². The summed E-state index contributed by atoms with van der Waals surface area (Å²) < 4.78 is 15.6. The van der Waals surface area contributed by atoms with Crippen LogP contribution in [0.25, 0.3) is 0 Å². The smallest absolute Gasteiger partial charge is 0.312 e. The fourth-order valence-electron chi connectivity index (χ4n) is 12.1. The number of benzene rings is 3. The fraction of sp³-hybridized carbons (Fsp3) is 0.723. The van der Waals surface area contributed by atoms with Crippen LogP contribution in [0.5, 0.6) is 5.75 Å². The van der Waals surface area contributed by atoms with Crippen LogP contribution < -0.4 is 42.8 Å². The lowest BCUT2D eigenvalue weighted by molar-refractivity contribution is -0.155. The molecule has 9 N–H and O–H groups in total. The number of carbonyl (C=O) groups is 13. The van der Waals surface area contributed by atoms with E-state index in [0.29, 0.717) is 92.7 Å². The topological polar surface area (TPSA) is 365 Å². The molecule has 1 saturated heterocycles. The first-order chi connectivity index (χ1) is 60.8. The van der Waals surface area contributed by atoms with Gasteiger partial charge in [-0.1, -0.05) is 311 Å². The molecule has 5 atom stereocenters. The molecule has 0 aromatic heterocycles. The number of hydrogen-bond acceptors (Lipinski definition) is 18. The summed E-state index contributed by atoms with van der Waals surface area (Å²) in [7, 11) is 1.62. The van der Waals surface area contributed by atoms with Gasteiger partial charge in [-0.15, -0.1) is 0 Å². The minimum Gasteiger partial charge on any atom is -0.497 e. The summed E-state index contributed by atoms with van der Waals surface area (Å²) in [5.41, 5.74) is 11.9. The number of urea groups is 2. The van der Waals surface area contributed by atoms with Gasteiger partial charge in [-0.25, -0.2) is 9.59 Å². The number of imide groups is 1. The first kappa shape index (κ1) is 136. The molecule has 5 unspecified atom stereocenters. The van der Waals surface area contributed by atoms with Crippen LogP contribution in [0.1, 0.15) is 398 Å². The molecule has 0 spiro atoms. The number of carbonyl (C=O) groups excluding carboxylic acids is 13. The molecule has 7 amide bonds. The predicted molar refractivity (Wildman–Crippen MR) is 561 cm³/mol. The highest BCUT2D eigenvalue weighted by Crippen LogP contribution is 2.39. The Morgan fingerprint density at radius 2 is 0.757 bits per heavy atom. The summed E-state index contributed by atoms with van der Waals surface area (Å²) >= 11 is 0. The van der Waals surface area contributed by atoms with Crippen molar-refractivity contribution in [2.24, 2.45) is 101 Å². The van der Waals surface area contributed by atoms with Crippen molar-refractivity contribution in [3.8, 4) is 5.75 Å². The summed E-state index contributed by atoms with van der Waals surface area (Å²) in [6, 6.07) is 22.4. The number of hydrogen-bond donors (Lipinski definition) is 7. The van der Waals surface area contributed by atoms with Gasteiger partial charge in [-0.3, -0.25) is 57.6 Å². The number of likely N-dealkylation sites (tertiary alicyclic amines) is 1. The van der Waals surface area contributed by atoms with Crippen molar-refractivity contribution in [2.45, 2.75) is 419 Å². The number of nitrogens with one attached hydrogen (secondary N) is 5. The average molecular weight is 1910 g/mol. The first-order valence-corrected chi connectivity index (χ1v) is 48.9. The number of nitrogens with zero attached hydrogens (tertiary/aromatic N) is 1. The Hall–Kier alpha value is -8.51. The number of nitrogens with two attached hydrogens (primary N) is 2. The van der Waals surface area contributed by atoms with E-state index in [1.807, 2.05) is 255 Å². The molecule has 1 heterocycles. The van der Waals surface area contributed by atoms with Crippen molar-refractivity contribution in [3.05, 3.63) is 95.6 Å². The van der Waals surface area contributed by atoms with Gasteiger partial charge in [-0.2, -0.15) is 0 Å². The number of ketones is 6. The van der Waals surface area contributed by atoms with Gasteiger partial charge in [0.15, 0.2) is 17.3 Å². The normalized spacial score (nSPS) is 14.1. The first-order valence-electron chi connectivity index (χ1n) is 48.9. The Kier molecular flexibility index (Phi) is 60.5. The van der Waals surface area contributed by atoms with Crippen LogP contribution in [-0.4, -0.2) is 131 Å². The Labute approximate surface area is 827 Å². The van der Waals surface area contributed by atoms with Gasteiger partial charge in [0.2, 0.25) is 17.7 Å². The van der Waals surface area contributed by atoms with E-state index in [9.17, 15) is 62.3 Å². The number of rotatable bonds is 31. The molecule has 3 aromatic rings. The number of primary amides is 2. The molecule has 136 heavy (non-hydrogen) atoms. The van der Waals surface area contributed by atoms with Gasteiger partial charge in [0, 0.05) is 108 Å². The lowest BCUT2D eigenvalue weighted by Crippen LogP contribution is -2.46. The number of esters is 2. The maximum absolute atomic E-state index is 13.1. The second kappa shape index (κ2) is 60.5. The fourth-order valence-corrected chi connectivity index (χ4v) is 12.1. The Morgan fingerprint density at radius 3 is 1.01 bits per heavy atom. The van der Waals surface area contributed by atoms with E-state index in [2.05, 4.69) is 124 Å². The lowest BCUT2D eigenvalue weighted by atomic mass is 9.78. The summed E-state index contributed by atoms with van der Waals surface area (Å²) in [6.07, 6.45) is 4.15. The van der Waals surface area contributed by atoms with E-state index in [1.54, 1.807) is 52.1 Å². The van der Waals surface area contributed by atoms with E-state index in [-0.39, 0.29) is 153 Å². The predicted octanol–water partition coefficient (Wildman–Crippen LogP) is 24.5. The second-order valence-electron chi connectivity index (χ2n) is 51.1. The molecule has 4 rings (SSSR count). The SMILES string of the molecule is CC(C)(C)C.CC(C)(C)C.CC(C)(C)C(=O)c1ccccc1.CC(C)(C)C1CC(=O)N(C(C)(C)C)C1=O.CC(C)(C)CC(=O)C(C)(C)C.CC(C)(C)CC(=O)C(C)(C)C.CC(C)NC(C(=O)CC(CCCNC(N)=O)C(=O)C(C)(C)C)C(C)C.CC(C)NC(C(=O)CC(CCCNC(N)=O)C(=O)Nc1ccc(COC(=O)C(C)(C)C)cc1)C(C)C.COc1ccc(COC(=O)C(C)(C)C)cc1. The van der Waals surface area contributed by atoms with Gasteiger partial charge in [-0.05, 0) is 162 Å². The lowest BCUT2D eigenvalue weighted by Gasteiger charge is -2.32. The van der Waals surface area contributed by atoms with Gasteiger partial charge in [0.25, 0.3) is 0 Å². The van der Waals surface area contributed by atoms with E-state index < -0.39 is 39.8 Å².